The molecule has 1 heterocycles. The minimum absolute atomic E-state index is 0.116. The van der Waals surface area contributed by atoms with Gasteiger partial charge in [-0.1, -0.05) is 5.16 Å². The van der Waals surface area contributed by atoms with Gasteiger partial charge in [0.05, 0.1) is 18.2 Å². The van der Waals surface area contributed by atoms with Crippen LogP contribution in [0.2, 0.25) is 0 Å². The zero-order chi connectivity index (χ0) is 12.4. The van der Waals surface area contributed by atoms with Crippen molar-refractivity contribution < 1.29 is 14.2 Å². The maximum absolute atomic E-state index is 10.9. The van der Waals surface area contributed by atoms with Crippen molar-refractivity contribution in [3.63, 3.8) is 0 Å². The number of benzene rings is 1. The van der Waals surface area contributed by atoms with Crippen molar-refractivity contribution in [3.05, 3.63) is 34.5 Å². The topological polar surface area (TPSA) is 104 Å². The van der Waals surface area contributed by atoms with Gasteiger partial charge in [-0.05, 0) is 12.1 Å². The molecule has 2 rings (SSSR count). The Labute approximate surface area is 95.9 Å². The molecule has 1 aromatic carbocycles. The highest BCUT2D eigenvalue weighted by atomic mass is 16.6. The lowest BCUT2D eigenvalue weighted by atomic mass is 10.1. The Balaban J connectivity index is 2.65. The van der Waals surface area contributed by atoms with E-state index >= 15 is 0 Å². The van der Waals surface area contributed by atoms with Gasteiger partial charge in [-0.25, -0.2) is 0 Å². The number of nitrogens with zero attached hydrogens (tertiary/aromatic N) is 2. The molecule has 0 saturated carbocycles. The van der Waals surface area contributed by atoms with E-state index < -0.39 is 4.92 Å². The van der Waals surface area contributed by atoms with Crippen molar-refractivity contribution in [2.75, 3.05) is 12.8 Å². The van der Waals surface area contributed by atoms with Crippen LogP contribution in [0.1, 0.15) is 0 Å². The van der Waals surface area contributed by atoms with Crippen LogP contribution in [0.4, 0.5) is 11.4 Å². The number of anilines is 1. The van der Waals surface area contributed by atoms with Gasteiger partial charge >= 0.3 is 0 Å². The van der Waals surface area contributed by atoms with Crippen LogP contribution in [0.25, 0.3) is 11.3 Å². The predicted molar refractivity (Wildman–Crippen MR) is 59.6 cm³/mol. The van der Waals surface area contributed by atoms with Gasteiger partial charge in [0.2, 0.25) is 0 Å². The quantitative estimate of drug-likeness (QED) is 0.642. The Hall–Kier alpha value is -2.57. The molecule has 0 spiro atoms. The lowest BCUT2D eigenvalue weighted by Crippen LogP contribution is -1.94. The second kappa shape index (κ2) is 4.12. The SMILES string of the molecule is COc1ccc([N+](=O)[O-])c(-c2oncc2N)c1. The van der Waals surface area contributed by atoms with Crippen molar-refractivity contribution in [2.24, 2.45) is 0 Å². The average molecular weight is 235 g/mol. The summed E-state index contributed by atoms with van der Waals surface area (Å²) >= 11 is 0. The molecule has 1 aromatic heterocycles. The van der Waals surface area contributed by atoms with Gasteiger partial charge in [-0.2, -0.15) is 0 Å². The molecule has 0 aliphatic rings. The molecule has 0 unspecified atom stereocenters. The molecule has 2 N–H and O–H groups in total. The number of rotatable bonds is 3. The van der Waals surface area contributed by atoms with E-state index in [9.17, 15) is 10.1 Å². The van der Waals surface area contributed by atoms with Gasteiger partial charge in [0.25, 0.3) is 5.69 Å². The Kier molecular flexibility index (Phi) is 2.65. The molecular formula is C10H9N3O4. The first-order valence-electron chi connectivity index (χ1n) is 4.66. The summed E-state index contributed by atoms with van der Waals surface area (Å²) in [4.78, 5) is 10.4. The highest BCUT2D eigenvalue weighted by Crippen LogP contribution is 2.35. The van der Waals surface area contributed by atoms with E-state index in [-0.39, 0.29) is 22.7 Å². The number of aromatic nitrogens is 1. The number of nitro groups is 1. The zero-order valence-electron chi connectivity index (χ0n) is 8.91. The molecule has 2 aromatic rings. The average Bonchev–Trinajstić information content (AvgIpc) is 2.74. The fourth-order valence-corrected chi connectivity index (χ4v) is 1.44. The van der Waals surface area contributed by atoms with Crippen molar-refractivity contribution in [1.82, 2.24) is 5.16 Å². The van der Waals surface area contributed by atoms with Crippen molar-refractivity contribution in [2.45, 2.75) is 0 Å². The minimum atomic E-state index is -0.517. The van der Waals surface area contributed by atoms with Gasteiger partial charge in [0.1, 0.15) is 17.0 Å². The largest absolute Gasteiger partial charge is 0.497 e. The molecule has 0 saturated heterocycles. The van der Waals surface area contributed by atoms with E-state index in [4.69, 9.17) is 15.0 Å². The normalized spacial score (nSPS) is 10.2. The van der Waals surface area contributed by atoms with Gasteiger partial charge in [-0.15, -0.1) is 0 Å². The van der Waals surface area contributed by atoms with Crippen molar-refractivity contribution in [1.29, 1.82) is 0 Å². The zero-order valence-corrected chi connectivity index (χ0v) is 8.91. The molecule has 0 aliphatic carbocycles. The number of hydrogen-bond donors (Lipinski definition) is 1. The Morgan fingerprint density at radius 2 is 2.29 bits per heavy atom. The first kappa shape index (κ1) is 10.9. The van der Waals surface area contributed by atoms with Gasteiger partial charge < -0.3 is 15.0 Å². The third-order valence-electron chi connectivity index (χ3n) is 2.24. The Bertz CT molecular complexity index is 564. The molecule has 0 fully saturated rings. The summed E-state index contributed by atoms with van der Waals surface area (Å²) in [6.07, 6.45) is 1.29. The van der Waals surface area contributed by atoms with Crippen molar-refractivity contribution in [3.8, 4) is 17.1 Å². The molecule has 17 heavy (non-hydrogen) atoms. The first-order valence-corrected chi connectivity index (χ1v) is 4.66. The summed E-state index contributed by atoms with van der Waals surface area (Å²) < 4.78 is 9.91. The van der Waals surface area contributed by atoms with Gasteiger partial charge in [0.15, 0.2) is 5.76 Å². The van der Waals surface area contributed by atoms with Crippen LogP contribution in [0.5, 0.6) is 5.75 Å². The number of nitrogen functional groups attached to an aromatic ring is 1. The fourth-order valence-electron chi connectivity index (χ4n) is 1.44. The van der Waals surface area contributed by atoms with E-state index in [1.165, 1.54) is 31.5 Å². The van der Waals surface area contributed by atoms with Crippen LogP contribution in [0, 0.1) is 10.1 Å². The van der Waals surface area contributed by atoms with Gasteiger partial charge in [-0.3, -0.25) is 10.1 Å². The molecule has 88 valence electrons. The van der Waals surface area contributed by atoms with Crippen molar-refractivity contribution >= 4 is 11.4 Å². The Morgan fingerprint density at radius 1 is 1.53 bits per heavy atom. The fraction of sp³-hybridized carbons (Fsp3) is 0.100. The highest BCUT2D eigenvalue weighted by Gasteiger charge is 2.21. The number of nitrogens with two attached hydrogens (primary N) is 1. The summed E-state index contributed by atoms with van der Waals surface area (Å²) in [7, 11) is 1.47. The van der Waals surface area contributed by atoms with E-state index in [0.29, 0.717) is 5.75 Å². The van der Waals surface area contributed by atoms with Crippen LogP contribution in [0.3, 0.4) is 0 Å². The molecule has 0 atom stereocenters. The lowest BCUT2D eigenvalue weighted by molar-refractivity contribution is -0.384. The lowest BCUT2D eigenvalue weighted by Gasteiger charge is -2.03. The van der Waals surface area contributed by atoms with Crippen LogP contribution in [0.15, 0.2) is 28.9 Å². The van der Waals surface area contributed by atoms with Crippen LogP contribution in [-0.4, -0.2) is 17.2 Å². The summed E-state index contributed by atoms with van der Waals surface area (Å²) in [5, 5.41) is 14.4. The van der Waals surface area contributed by atoms with Crippen LogP contribution >= 0.6 is 0 Å². The highest BCUT2D eigenvalue weighted by molar-refractivity contribution is 5.78. The van der Waals surface area contributed by atoms with E-state index in [1.54, 1.807) is 0 Å². The standard InChI is InChI=1S/C10H9N3O4/c1-16-6-2-3-9(13(14)15)7(4-6)10-8(11)5-12-17-10/h2-5H,11H2,1H3. The number of methoxy groups -OCH3 is 1. The maximum Gasteiger partial charge on any atom is 0.280 e. The monoisotopic (exact) mass is 235 g/mol. The van der Waals surface area contributed by atoms with E-state index in [1.807, 2.05) is 0 Å². The van der Waals surface area contributed by atoms with Gasteiger partial charge in [0, 0.05) is 6.07 Å². The maximum atomic E-state index is 10.9. The molecule has 0 aliphatic heterocycles. The van der Waals surface area contributed by atoms with E-state index in [0.717, 1.165) is 0 Å². The number of hydrogen-bond acceptors (Lipinski definition) is 6. The summed E-state index contributed by atoms with van der Waals surface area (Å²) in [6.45, 7) is 0. The second-order valence-electron chi connectivity index (χ2n) is 3.25. The molecule has 7 nitrogen and oxygen atoms in total. The Morgan fingerprint density at radius 3 is 2.82 bits per heavy atom. The van der Waals surface area contributed by atoms with E-state index in [2.05, 4.69) is 5.16 Å². The first-order chi connectivity index (χ1) is 8.13. The smallest absolute Gasteiger partial charge is 0.280 e. The van der Waals surface area contributed by atoms with Crippen LogP contribution < -0.4 is 10.5 Å². The minimum Gasteiger partial charge on any atom is -0.497 e. The molecule has 0 radical (unpaired) electrons. The second-order valence-corrected chi connectivity index (χ2v) is 3.25. The number of nitro benzene ring substituents is 1. The number of ether oxygens (including phenoxy) is 1. The molecular weight excluding hydrogens is 226 g/mol. The molecule has 0 amide bonds. The summed E-state index contributed by atoms with van der Waals surface area (Å²) in [5.74, 6) is 0.636. The summed E-state index contributed by atoms with van der Waals surface area (Å²) in [6, 6.07) is 4.30. The third-order valence-corrected chi connectivity index (χ3v) is 2.24. The predicted octanol–water partition coefficient (Wildman–Crippen LogP) is 1.84. The third kappa shape index (κ3) is 1.89. The summed E-state index contributed by atoms with van der Waals surface area (Å²) in [5.41, 5.74) is 5.97. The molecule has 7 heteroatoms. The van der Waals surface area contributed by atoms with Crippen LogP contribution in [-0.2, 0) is 0 Å². The molecule has 0 bridgehead atoms.